The summed E-state index contributed by atoms with van der Waals surface area (Å²) in [4.78, 5) is 22.5. The Kier molecular flexibility index (Phi) is 2.43. The lowest BCUT2D eigenvalue weighted by molar-refractivity contribution is -0.191. The summed E-state index contributed by atoms with van der Waals surface area (Å²) >= 11 is 0. The van der Waals surface area contributed by atoms with Crippen molar-refractivity contribution in [3.8, 4) is 0 Å². The van der Waals surface area contributed by atoms with Gasteiger partial charge in [0.2, 0.25) is 5.72 Å². The number of aliphatic hydroxyl groups is 1. The number of likely N-dealkylation sites (tertiary alicyclic amines) is 1. The van der Waals surface area contributed by atoms with E-state index in [1.165, 1.54) is 0 Å². The average molecular weight is 217 g/mol. The molecule has 1 fully saturated rings. The third kappa shape index (κ3) is 1.28. The van der Waals surface area contributed by atoms with Gasteiger partial charge in [-0.25, -0.2) is 9.59 Å². The van der Waals surface area contributed by atoms with Crippen LogP contribution in [0.1, 0.15) is 20.8 Å². The fourth-order valence-corrected chi connectivity index (χ4v) is 1.93. The maximum absolute atomic E-state index is 11.0. The molecule has 2 atom stereocenters. The highest BCUT2D eigenvalue weighted by atomic mass is 16.4. The van der Waals surface area contributed by atoms with Gasteiger partial charge in [-0.3, -0.25) is 4.90 Å². The van der Waals surface area contributed by atoms with Crippen molar-refractivity contribution in [1.29, 1.82) is 0 Å². The molecule has 1 saturated heterocycles. The average Bonchev–Trinajstić information content (AvgIpc) is 2.27. The number of aliphatic carboxylic acids is 1. The monoisotopic (exact) mass is 217 g/mol. The van der Waals surface area contributed by atoms with E-state index in [-0.39, 0.29) is 12.5 Å². The van der Waals surface area contributed by atoms with Crippen LogP contribution in [0, 0.1) is 11.3 Å². The zero-order valence-corrected chi connectivity index (χ0v) is 8.89. The van der Waals surface area contributed by atoms with Crippen molar-refractivity contribution < 1.29 is 24.9 Å². The van der Waals surface area contributed by atoms with Crippen LogP contribution >= 0.6 is 0 Å². The van der Waals surface area contributed by atoms with Crippen molar-refractivity contribution in [2.75, 3.05) is 6.54 Å². The zero-order valence-electron chi connectivity index (χ0n) is 8.89. The van der Waals surface area contributed by atoms with E-state index in [1.807, 2.05) is 0 Å². The Balaban J connectivity index is 3.27. The summed E-state index contributed by atoms with van der Waals surface area (Å²) in [5.74, 6) is -1.76. The van der Waals surface area contributed by atoms with E-state index < -0.39 is 23.2 Å². The SMILES string of the molecule is C[C@H]1CN(C(=O)O)C(O)(C(=O)O)C1(C)C. The number of hydrogen-bond acceptors (Lipinski definition) is 3. The van der Waals surface area contributed by atoms with E-state index in [2.05, 4.69) is 0 Å². The Hall–Kier alpha value is -1.30. The Labute approximate surface area is 87.1 Å². The van der Waals surface area contributed by atoms with Gasteiger partial charge in [0.05, 0.1) is 0 Å². The largest absolute Gasteiger partial charge is 0.478 e. The summed E-state index contributed by atoms with van der Waals surface area (Å²) in [6, 6.07) is 0. The first-order valence-electron chi connectivity index (χ1n) is 4.62. The van der Waals surface area contributed by atoms with Crippen molar-refractivity contribution in [2.24, 2.45) is 11.3 Å². The Bertz CT molecular complexity index is 314. The van der Waals surface area contributed by atoms with E-state index in [9.17, 15) is 14.7 Å². The Morgan fingerprint density at radius 3 is 2.07 bits per heavy atom. The molecule has 0 spiro atoms. The van der Waals surface area contributed by atoms with E-state index in [4.69, 9.17) is 10.2 Å². The predicted octanol–water partition coefficient (Wildman–Crippen LogP) is 0.415. The van der Waals surface area contributed by atoms with Gasteiger partial charge in [-0.15, -0.1) is 0 Å². The van der Waals surface area contributed by atoms with E-state index in [0.29, 0.717) is 4.90 Å². The van der Waals surface area contributed by atoms with Gasteiger partial charge in [-0.05, 0) is 5.92 Å². The van der Waals surface area contributed by atoms with Gasteiger partial charge in [-0.2, -0.15) is 0 Å². The molecule has 6 nitrogen and oxygen atoms in total. The fraction of sp³-hybridized carbons (Fsp3) is 0.778. The number of carbonyl (C=O) groups is 2. The third-order valence-electron chi connectivity index (χ3n) is 3.51. The van der Waals surface area contributed by atoms with E-state index >= 15 is 0 Å². The first-order chi connectivity index (χ1) is 6.65. The molecular formula is C9H15NO5. The first kappa shape index (κ1) is 11.8. The summed E-state index contributed by atoms with van der Waals surface area (Å²) in [6.07, 6.45) is -1.42. The molecule has 1 aliphatic heterocycles. The quantitative estimate of drug-likeness (QED) is 0.591. The van der Waals surface area contributed by atoms with Crippen molar-refractivity contribution in [1.82, 2.24) is 4.90 Å². The zero-order chi connectivity index (χ0) is 12.0. The minimum Gasteiger partial charge on any atom is -0.478 e. The van der Waals surface area contributed by atoms with Crippen molar-refractivity contribution in [3.63, 3.8) is 0 Å². The van der Waals surface area contributed by atoms with E-state index in [1.54, 1.807) is 20.8 Å². The molecule has 0 aromatic carbocycles. The highest BCUT2D eigenvalue weighted by Gasteiger charge is 2.64. The lowest BCUT2D eigenvalue weighted by Gasteiger charge is -2.37. The van der Waals surface area contributed by atoms with Crippen LogP contribution in [0.2, 0.25) is 0 Å². The molecule has 1 aliphatic rings. The van der Waals surface area contributed by atoms with Gasteiger partial charge >= 0.3 is 12.1 Å². The molecule has 6 heteroatoms. The number of amides is 1. The molecule has 0 saturated carbocycles. The topological polar surface area (TPSA) is 98.1 Å². The number of carboxylic acid groups (broad SMARTS) is 2. The number of nitrogens with zero attached hydrogens (tertiary/aromatic N) is 1. The molecule has 0 aromatic heterocycles. The highest BCUT2D eigenvalue weighted by molar-refractivity contribution is 5.84. The molecule has 0 bridgehead atoms. The van der Waals surface area contributed by atoms with Crippen LogP contribution in [-0.2, 0) is 4.79 Å². The second-order valence-electron chi connectivity index (χ2n) is 4.49. The lowest BCUT2D eigenvalue weighted by Crippen LogP contribution is -2.59. The second-order valence-corrected chi connectivity index (χ2v) is 4.49. The highest BCUT2D eigenvalue weighted by Crippen LogP contribution is 2.47. The van der Waals surface area contributed by atoms with Crippen LogP contribution < -0.4 is 0 Å². The molecule has 1 heterocycles. The lowest BCUT2D eigenvalue weighted by atomic mass is 9.75. The van der Waals surface area contributed by atoms with Crippen LogP contribution in [0.5, 0.6) is 0 Å². The van der Waals surface area contributed by atoms with Crippen LogP contribution in [0.15, 0.2) is 0 Å². The second kappa shape index (κ2) is 3.10. The summed E-state index contributed by atoms with van der Waals surface area (Å²) in [6.45, 7) is 4.84. The number of hydrogen-bond donors (Lipinski definition) is 3. The minimum atomic E-state index is -2.35. The fourth-order valence-electron chi connectivity index (χ4n) is 1.93. The number of rotatable bonds is 1. The smallest absolute Gasteiger partial charge is 0.410 e. The van der Waals surface area contributed by atoms with Crippen LogP contribution in [0.4, 0.5) is 4.79 Å². The third-order valence-corrected chi connectivity index (χ3v) is 3.51. The Morgan fingerprint density at radius 2 is 1.80 bits per heavy atom. The van der Waals surface area contributed by atoms with Gasteiger partial charge < -0.3 is 15.3 Å². The first-order valence-corrected chi connectivity index (χ1v) is 4.62. The van der Waals surface area contributed by atoms with Gasteiger partial charge in [0.1, 0.15) is 0 Å². The summed E-state index contributed by atoms with van der Waals surface area (Å²) in [7, 11) is 0. The minimum absolute atomic E-state index is 0.0190. The molecule has 1 unspecified atom stereocenters. The number of carboxylic acids is 1. The van der Waals surface area contributed by atoms with Crippen molar-refractivity contribution in [3.05, 3.63) is 0 Å². The predicted molar refractivity (Wildman–Crippen MR) is 50.3 cm³/mol. The molecule has 0 aromatic rings. The van der Waals surface area contributed by atoms with Crippen molar-refractivity contribution in [2.45, 2.75) is 26.5 Å². The van der Waals surface area contributed by atoms with Crippen LogP contribution in [0.3, 0.4) is 0 Å². The van der Waals surface area contributed by atoms with Gasteiger partial charge in [0.25, 0.3) is 0 Å². The molecule has 1 amide bonds. The Morgan fingerprint density at radius 1 is 1.33 bits per heavy atom. The van der Waals surface area contributed by atoms with Crippen LogP contribution in [-0.4, -0.2) is 44.6 Å². The molecule has 1 rings (SSSR count). The van der Waals surface area contributed by atoms with Gasteiger partial charge in [0.15, 0.2) is 0 Å². The van der Waals surface area contributed by atoms with Crippen LogP contribution in [0.25, 0.3) is 0 Å². The standard InChI is InChI=1S/C9H15NO5/c1-5-4-10(7(13)14)9(15,6(11)12)8(5,2)3/h5,15H,4H2,1-3H3,(H,11,12)(H,13,14)/t5-,9?/m0/s1. The molecular weight excluding hydrogens is 202 g/mol. The summed E-state index contributed by atoms with van der Waals surface area (Å²) in [5, 5.41) is 27.9. The maximum Gasteiger partial charge on any atom is 0.410 e. The molecule has 0 radical (unpaired) electrons. The molecule has 3 N–H and O–H groups in total. The van der Waals surface area contributed by atoms with Gasteiger partial charge in [-0.1, -0.05) is 20.8 Å². The normalized spacial score (nSPS) is 34.1. The van der Waals surface area contributed by atoms with Crippen molar-refractivity contribution >= 4 is 12.1 Å². The molecule has 0 aliphatic carbocycles. The molecule has 86 valence electrons. The van der Waals surface area contributed by atoms with Gasteiger partial charge in [0, 0.05) is 12.0 Å². The van der Waals surface area contributed by atoms with E-state index in [0.717, 1.165) is 0 Å². The molecule has 15 heavy (non-hydrogen) atoms. The summed E-state index contributed by atoms with van der Waals surface area (Å²) < 4.78 is 0. The summed E-state index contributed by atoms with van der Waals surface area (Å²) in [5.41, 5.74) is -3.37. The maximum atomic E-state index is 11.0.